The van der Waals surface area contributed by atoms with Gasteiger partial charge in [-0.15, -0.1) is 11.3 Å². The fourth-order valence-electron chi connectivity index (χ4n) is 2.69. The minimum absolute atomic E-state index is 0.255. The number of benzene rings is 2. The molecule has 0 saturated carbocycles. The summed E-state index contributed by atoms with van der Waals surface area (Å²) >= 11 is 1.55. The molecule has 2 heterocycles. The maximum Gasteiger partial charge on any atom is 0.319 e. The normalized spacial score (nSPS) is 10.3. The number of pyridine rings is 1. The highest BCUT2D eigenvalue weighted by Gasteiger charge is 2.05. The number of hydrogen-bond acceptors (Lipinski definition) is 5. The largest absolute Gasteiger partial charge is 0.334 e. The van der Waals surface area contributed by atoms with Crippen LogP contribution in [-0.2, 0) is 6.54 Å². The molecule has 144 valence electrons. The van der Waals surface area contributed by atoms with Gasteiger partial charge in [0.15, 0.2) is 5.13 Å². The van der Waals surface area contributed by atoms with E-state index < -0.39 is 0 Å². The first-order chi connectivity index (χ1) is 14.3. The maximum atomic E-state index is 12.0. The van der Waals surface area contributed by atoms with Gasteiger partial charge in [0.1, 0.15) is 0 Å². The summed E-state index contributed by atoms with van der Waals surface area (Å²) in [6, 6.07) is 21.0. The Morgan fingerprint density at radius 1 is 0.897 bits per heavy atom. The molecule has 4 aromatic rings. The van der Waals surface area contributed by atoms with E-state index in [0.29, 0.717) is 12.2 Å². The lowest BCUT2D eigenvalue weighted by Crippen LogP contribution is -2.28. The van der Waals surface area contributed by atoms with E-state index in [1.165, 1.54) is 0 Å². The van der Waals surface area contributed by atoms with Crippen molar-refractivity contribution in [1.82, 2.24) is 15.3 Å². The molecule has 29 heavy (non-hydrogen) atoms. The molecular formula is C22H19N5OS. The molecule has 2 aromatic heterocycles. The predicted octanol–water partition coefficient (Wildman–Crippen LogP) is 5.27. The second-order valence-corrected chi connectivity index (χ2v) is 7.13. The van der Waals surface area contributed by atoms with Gasteiger partial charge >= 0.3 is 6.03 Å². The highest BCUT2D eigenvalue weighted by Crippen LogP contribution is 2.27. The number of amides is 2. The van der Waals surface area contributed by atoms with Crippen LogP contribution in [0.1, 0.15) is 5.56 Å². The SMILES string of the molecule is O=C(NCc1ccncc1)Nc1ccc(Nc2nc(-c3ccccc3)cs2)cc1. The molecule has 0 aliphatic rings. The lowest BCUT2D eigenvalue weighted by molar-refractivity contribution is 0.251. The first-order valence-electron chi connectivity index (χ1n) is 9.08. The summed E-state index contributed by atoms with van der Waals surface area (Å²) in [6.07, 6.45) is 3.40. The molecule has 0 atom stereocenters. The van der Waals surface area contributed by atoms with Gasteiger partial charge in [-0.1, -0.05) is 30.3 Å². The molecule has 3 N–H and O–H groups in total. The number of thiazole rings is 1. The number of hydrogen-bond donors (Lipinski definition) is 3. The van der Waals surface area contributed by atoms with Crippen molar-refractivity contribution in [2.24, 2.45) is 0 Å². The minimum Gasteiger partial charge on any atom is -0.334 e. The number of aromatic nitrogens is 2. The van der Waals surface area contributed by atoms with E-state index in [2.05, 4.69) is 25.9 Å². The van der Waals surface area contributed by atoms with Gasteiger partial charge in [0.2, 0.25) is 0 Å². The smallest absolute Gasteiger partial charge is 0.319 e. The molecule has 2 amide bonds. The Balaban J connectivity index is 1.31. The van der Waals surface area contributed by atoms with Gasteiger partial charge in [0.05, 0.1) is 5.69 Å². The molecule has 0 spiro atoms. The van der Waals surface area contributed by atoms with Crippen LogP contribution in [0.15, 0.2) is 84.5 Å². The Morgan fingerprint density at radius 3 is 2.38 bits per heavy atom. The zero-order chi connectivity index (χ0) is 19.9. The van der Waals surface area contributed by atoms with Crippen molar-refractivity contribution < 1.29 is 4.79 Å². The number of rotatable bonds is 6. The molecule has 7 heteroatoms. The van der Waals surface area contributed by atoms with Gasteiger partial charge < -0.3 is 16.0 Å². The molecule has 0 aliphatic carbocycles. The average Bonchev–Trinajstić information content (AvgIpc) is 3.24. The quantitative estimate of drug-likeness (QED) is 0.411. The van der Waals surface area contributed by atoms with Crippen molar-refractivity contribution in [2.45, 2.75) is 6.54 Å². The van der Waals surface area contributed by atoms with E-state index in [1.54, 1.807) is 23.7 Å². The summed E-state index contributed by atoms with van der Waals surface area (Å²) in [7, 11) is 0. The predicted molar refractivity (Wildman–Crippen MR) is 117 cm³/mol. The first-order valence-corrected chi connectivity index (χ1v) is 9.96. The molecule has 0 fully saturated rings. The van der Waals surface area contributed by atoms with Gasteiger partial charge in [0.25, 0.3) is 0 Å². The van der Waals surface area contributed by atoms with Crippen molar-refractivity contribution in [3.05, 3.63) is 90.1 Å². The summed E-state index contributed by atoms with van der Waals surface area (Å²) < 4.78 is 0. The van der Waals surface area contributed by atoms with Crippen LogP contribution >= 0.6 is 11.3 Å². The Hall–Kier alpha value is -3.71. The van der Waals surface area contributed by atoms with E-state index in [4.69, 9.17) is 0 Å². The Kier molecular flexibility index (Phi) is 5.78. The van der Waals surface area contributed by atoms with Crippen LogP contribution in [0.2, 0.25) is 0 Å². The lowest BCUT2D eigenvalue weighted by atomic mass is 10.2. The van der Waals surface area contributed by atoms with Crippen molar-refractivity contribution in [1.29, 1.82) is 0 Å². The molecule has 0 unspecified atom stereocenters. The molecule has 0 radical (unpaired) electrons. The van der Waals surface area contributed by atoms with Crippen molar-refractivity contribution in [3.63, 3.8) is 0 Å². The molecule has 0 saturated heterocycles. The average molecular weight is 401 g/mol. The molecule has 0 aliphatic heterocycles. The highest BCUT2D eigenvalue weighted by atomic mass is 32.1. The standard InChI is InChI=1S/C22H19N5OS/c28-21(24-14-16-10-12-23-13-11-16)25-18-6-8-19(9-7-18)26-22-27-20(15-29-22)17-4-2-1-3-5-17/h1-13,15H,14H2,(H,26,27)(H2,24,25,28). The molecule has 0 bridgehead atoms. The van der Waals surface area contributed by atoms with E-state index >= 15 is 0 Å². The molecule has 4 rings (SSSR count). The van der Waals surface area contributed by atoms with Crippen LogP contribution < -0.4 is 16.0 Å². The van der Waals surface area contributed by atoms with Gasteiger partial charge in [-0.3, -0.25) is 4.98 Å². The van der Waals surface area contributed by atoms with Gasteiger partial charge in [-0.25, -0.2) is 9.78 Å². The number of nitrogens with zero attached hydrogens (tertiary/aromatic N) is 2. The molecular weight excluding hydrogens is 382 g/mol. The van der Waals surface area contributed by atoms with Crippen LogP contribution in [0.5, 0.6) is 0 Å². The summed E-state index contributed by atoms with van der Waals surface area (Å²) in [5.74, 6) is 0. The summed E-state index contributed by atoms with van der Waals surface area (Å²) in [6.45, 7) is 0.446. The van der Waals surface area contributed by atoms with Crippen molar-refractivity contribution >= 4 is 33.9 Å². The van der Waals surface area contributed by atoms with Crippen LogP contribution in [-0.4, -0.2) is 16.0 Å². The summed E-state index contributed by atoms with van der Waals surface area (Å²) in [5, 5.41) is 11.8. The number of anilines is 3. The third-order valence-electron chi connectivity index (χ3n) is 4.17. The van der Waals surface area contributed by atoms with Crippen LogP contribution in [0.25, 0.3) is 11.3 Å². The number of nitrogens with one attached hydrogen (secondary N) is 3. The van der Waals surface area contributed by atoms with Gasteiger partial charge in [0, 0.05) is 41.3 Å². The van der Waals surface area contributed by atoms with Crippen molar-refractivity contribution in [2.75, 3.05) is 10.6 Å². The van der Waals surface area contributed by atoms with Crippen molar-refractivity contribution in [3.8, 4) is 11.3 Å². The van der Waals surface area contributed by atoms with Crippen LogP contribution in [0, 0.1) is 0 Å². The monoisotopic (exact) mass is 401 g/mol. The molecule has 2 aromatic carbocycles. The number of carbonyl (C=O) groups is 1. The first kappa shape index (κ1) is 18.6. The number of carbonyl (C=O) groups excluding carboxylic acids is 1. The molecule has 6 nitrogen and oxygen atoms in total. The third-order valence-corrected chi connectivity index (χ3v) is 4.93. The summed E-state index contributed by atoms with van der Waals surface area (Å²) in [4.78, 5) is 20.6. The lowest BCUT2D eigenvalue weighted by Gasteiger charge is -2.09. The Labute approximate surface area is 172 Å². The Bertz CT molecular complexity index is 1070. The number of urea groups is 1. The minimum atomic E-state index is -0.255. The highest BCUT2D eigenvalue weighted by molar-refractivity contribution is 7.14. The zero-order valence-electron chi connectivity index (χ0n) is 15.5. The maximum absolute atomic E-state index is 12.0. The van der Waals surface area contributed by atoms with Gasteiger partial charge in [-0.05, 0) is 42.0 Å². The topological polar surface area (TPSA) is 78.9 Å². The van der Waals surface area contributed by atoms with E-state index in [1.807, 2.05) is 72.1 Å². The van der Waals surface area contributed by atoms with Gasteiger partial charge in [-0.2, -0.15) is 0 Å². The summed E-state index contributed by atoms with van der Waals surface area (Å²) in [5.41, 5.74) is 4.65. The second-order valence-electron chi connectivity index (χ2n) is 6.27. The zero-order valence-corrected chi connectivity index (χ0v) is 16.3. The van der Waals surface area contributed by atoms with Crippen LogP contribution in [0.4, 0.5) is 21.3 Å². The van der Waals surface area contributed by atoms with E-state index in [0.717, 1.165) is 27.6 Å². The third kappa shape index (κ3) is 5.18. The Morgan fingerprint density at radius 2 is 1.62 bits per heavy atom. The fourth-order valence-corrected chi connectivity index (χ4v) is 3.43. The van der Waals surface area contributed by atoms with E-state index in [9.17, 15) is 4.79 Å². The van der Waals surface area contributed by atoms with Crippen LogP contribution in [0.3, 0.4) is 0 Å². The second kappa shape index (κ2) is 8.99. The van der Waals surface area contributed by atoms with E-state index in [-0.39, 0.29) is 6.03 Å². The fraction of sp³-hybridized carbons (Fsp3) is 0.0455.